The Kier molecular flexibility index (Phi) is 4.49. The first-order chi connectivity index (χ1) is 7.38. The lowest BCUT2D eigenvalue weighted by molar-refractivity contribution is 0.474. The largest absolute Gasteiger partial charge is 0.327 e. The van der Waals surface area contributed by atoms with E-state index in [9.17, 15) is 0 Å². The Balaban J connectivity index is 1.72. The van der Waals surface area contributed by atoms with E-state index in [1.807, 2.05) is 0 Å². The van der Waals surface area contributed by atoms with E-state index in [1.54, 1.807) is 0 Å². The van der Waals surface area contributed by atoms with Gasteiger partial charge in [-0.1, -0.05) is 57.8 Å². The lowest BCUT2D eigenvalue weighted by atomic mass is 10.0. The molecule has 0 aromatic carbocycles. The summed E-state index contributed by atoms with van der Waals surface area (Å²) in [7, 11) is 0. The zero-order chi connectivity index (χ0) is 10.5. The van der Waals surface area contributed by atoms with Crippen LogP contribution in [0.1, 0.15) is 70.6 Å². The summed E-state index contributed by atoms with van der Waals surface area (Å²) in [5.41, 5.74) is 6.24. The maximum absolute atomic E-state index is 6.24. The Morgan fingerprint density at radius 2 is 1.20 bits per heavy atom. The molecule has 88 valence electrons. The Labute approximate surface area is 94.8 Å². The monoisotopic (exact) mass is 209 g/mol. The van der Waals surface area contributed by atoms with Gasteiger partial charge in [-0.2, -0.15) is 0 Å². The fourth-order valence-corrected chi connectivity index (χ4v) is 3.19. The van der Waals surface area contributed by atoms with Crippen LogP contribution in [0.2, 0.25) is 0 Å². The van der Waals surface area contributed by atoms with Crippen molar-refractivity contribution in [3.8, 4) is 0 Å². The summed E-state index contributed by atoms with van der Waals surface area (Å²) in [5, 5.41) is 0. The molecule has 3 unspecified atom stereocenters. The minimum absolute atomic E-state index is 0.538. The topological polar surface area (TPSA) is 26.0 Å². The van der Waals surface area contributed by atoms with E-state index in [-0.39, 0.29) is 0 Å². The molecule has 3 atom stereocenters. The van der Waals surface area contributed by atoms with Crippen LogP contribution >= 0.6 is 0 Å². The zero-order valence-corrected chi connectivity index (χ0v) is 10.1. The Morgan fingerprint density at radius 3 is 1.87 bits per heavy atom. The molecule has 2 aliphatic carbocycles. The van der Waals surface area contributed by atoms with Crippen molar-refractivity contribution in [2.75, 3.05) is 0 Å². The van der Waals surface area contributed by atoms with Crippen molar-refractivity contribution >= 4 is 0 Å². The van der Waals surface area contributed by atoms with E-state index in [0.29, 0.717) is 6.04 Å². The molecular formula is C14H27N. The third-order valence-electron chi connectivity index (χ3n) is 4.39. The second-order valence-corrected chi connectivity index (χ2v) is 5.73. The van der Waals surface area contributed by atoms with Crippen molar-refractivity contribution in [2.24, 2.45) is 17.6 Å². The number of fused-ring (bicyclic) bond motifs is 1. The van der Waals surface area contributed by atoms with E-state index < -0.39 is 0 Å². The SMILES string of the molecule is NC1CCCCCCCCCCC2CC12. The number of hydrogen-bond donors (Lipinski definition) is 1. The van der Waals surface area contributed by atoms with Gasteiger partial charge in [-0.25, -0.2) is 0 Å². The second-order valence-electron chi connectivity index (χ2n) is 5.73. The summed E-state index contributed by atoms with van der Waals surface area (Å²) in [6, 6.07) is 0.538. The van der Waals surface area contributed by atoms with E-state index in [1.165, 1.54) is 70.6 Å². The predicted octanol–water partition coefficient (Wildman–Crippen LogP) is 3.86. The molecule has 2 N–H and O–H groups in total. The summed E-state index contributed by atoms with van der Waals surface area (Å²) in [5.74, 6) is 1.92. The highest BCUT2D eigenvalue weighted by molar-refractivity contribution is 4.93. The van der Waals surface area contributed by atoms with Gasteiger partial charge in [0.25, 0.3) is 0 Å². The van der Waals surface area contributed by atoms with Crippen LogP contribution in [-0.2, 0) is 0 Å². The zero-order valence-electron chi connectivity index (χ0n) is 10.1. The first kappa shape index (κ1) is 11.4. The van der Waals surface area contributed by atoms with Gasteiger partial charge < -0.3 is 5.73 Å². The van der Waals surface area contributed by atoms with Gasteiger partial charge in [0.1, 0.15) is 0 Å². The van der Waals surface area contributed by atoms with Gasteiger partial charge in [0.05, 0.1) is 0 Å². The van der Waals surface area contributed by atoms with Crippen LogP contribution < -0.4 is 5.73 Å². The molecule has 0 aromatic rings. The standard InChI is InChI=1S/C14H27N/c15-14-10-8-6-4-2-1-3-5-7-9-12-11-13(12)14/h12-14H,1-11,15H2. The Morgan fingerprint density at radius 1 is 0.667 bits per heavy atom. The molecule has 0 saturated heterocycles. The van der Waals surface area contributed by atoms with Crippen molar-refractivity contribution in [1.29, 1.82) is 0 Å². The lowest BCUT2D eigenvalue weighted by Crippen LogP contribution is -2.23. The molecule has 0 aromatic heterocycles. The van der Waals surface area contributed by atoms with Gasteiger partial charge in [0.2, 0.25) is 0 Å². The molecule has 0 spiro atoms. The van der Waals surface area contributed by atoms with Crippen LogP contribution in [0.25, 0.3) is 0 Å². The molecule has 0 radical (unpaired) electrons. The smallest absolute Gasteiger partial charge is 0.00699 e. The molecule has 0 heterocycles. The molecule has 0 bridgehead atoms. The van der Waals surface area contributed by atoms with Crippen LogP contribution in [0.3, 0.4) is 0 Å². The molecule has 2 rings (SSSR count). The van der Waals surface area contributed by atoms with Gasteiger partial charge in [0.15, 0.2) is 0 Å². The number of rotatable bonds is 0. The minimum atomic E-state index is 0.538. The van der Waals surface area contributed by atoms with E-state index in [0.717, 1.165) is 11.8 Å². The first-order valence-corrected chi connectivity index (χ1v) is 7.13. The maximum Gasteiger partial charge on any atom is 0.00699 e. The van der Waals surface area contributed by atoms with Crippen molar-refractivity contribution in [3.63, 3.8) is 0 Å². The lowest BCUT2D eigenvalue weighted by Gasteiger charge is -2.10. The van der Waals surface area contributed by atoms with Gasteiger partial charge in [0, 0.05) is 6.04 Å². The summed E-state index contributed by atoms with van der Waals surface area (Å²) < 4.78 is 0. The first-order valence-electron chi connectivity index (χ1n) is 7.13. The van der Waals surface area contributed by atoms with Crippen molar-refractivity contribution in [1.82, 2.24) is 0 Å². The van der Waals surface area contributed by atoms with Crippen LogP contribution in [0.4, 0.5) is 0 Å². The van der Waals surface area contributed by atoms with E-state index in [2.05, 4.69) is 0 Å². The van der Waals surface area contributed by atoms with Crippen molar-refractivity contribution in [2.45, 2.75) is 76.7 Å². The van der Waals surface area contributed by atoms with Gasteiger partial charge in [-0.05, 0) is 24.7 Å². The summed E-state index contributed by atoms with van der Waals surface area (Å²) >= 11 is 0. The van der Waals surface area contributed by atoms with Gasteiger partial charge >= 0.3 is 0 Å². The number of nitrogens with two attached hydrogens (primary N) is 1. The Bertz CT molecular complexity index is 178. The average molecular weight is 209 g/mol. The average Bonchev–Trinajstić information content (AvgIpc) is 2.99. The predicted molar refractivity (Wildman–Crippen MR) is 65.7 cm³/mol. The highest BCUT2D eigenvalue weighted by Crippen LogP contribution is 2.45. The Hall–Kier alpha value is -0.0400. The quantitative estimate of drug-likeness (QED) is 0.644. The molecule has 0 amide bonds. The summed E-state index contributed by atoms with van der Waals surface area (Å²) in [6.07, 6.45) is 15.8. The molecule has 15 heavy (non-hydrogen) atoms. The summed E-state index contributed by atoms with van der Waals surface area (Å²) in [4.78, 5) is 0. The minimum Gasteiger partial charge on any atom is -0.327 e. The molecule has 2 fully saturated rings. The molecule has 1 nitrogen and oxygen atoms in total. The molecule has 2 saturated carbocycles. The molecule has 0 aliphatic heterocycles. The van der Waals surface area contributed by atoms with Crippen molar-refractivity contribution < 1.29 is 0 Å². The third kappa shape index (κ3) is 3.79. The van der Waals surface area contributed by atoms with Crippen LogP contribution in [0.5, 0.6) is 0 Å². The fourth-order valence-electron chi connectivity index (χ4n) is 3.19. The second kappa shape index (κ2) is 5.89. The van der Waals surface area contributed by atoms with Gasteiger partial charge in [-0.15, -0.1) is 0 Å². The molecular weight excluding hydrogens is 182 g/mol. The normalized spacial score (nSPS) is 39.4. The van der Waals surface area contributed by atoms with E-state index in [4.69, 9.17) is 5.73 Å². The van der Waals surface area contributed by atoms with Gasteiger partial charge in [-0.3, -0.25) is 0 Å². The highest BCUT2D eigenvalue weighted by atomic mass is 14.7. The maximum atomic E-state index is 6.24. The van der Waals surface area contributed by atoms with Crippen LogP contribution in [0.15, 0.2) is 0 Å². The van der Waals surface area contributed by atoms with Crippen LogP contribution in [-0.4, -0.2) is 6.04 Å². The highest BCUT2D eigenvalue weighted by Gasteiger charge is 2.40. The molecule has 2 aliphatic rings. The number of hydrogen-bond acceptors (Lipinski definition) is 1. The molecule has 1 heteroatoms. The van der Waals surface area contributed by atoms with E-state index >= 15 is 0 Å². The van der Waals surface area contributed by atoms with Crippen LogP contribution in [0, 0.1) is 11.8 Å². The fraction of sp³-hybridized carbons (Fsp3) is 1.00. The van der Waals surface area contributed by atoms with Crippen molar-refractivity contribution in [3.05, 3.63) is 0 Å². The third-order valence-corrected chi connectivity index (χ3v) is 4.39. The summed E-state index contributed by atoms with van der Waals surface area (Å²) in [6.45, 7) is 0.